The number of H-pyrrole nitrogens is 1. The quantitative estimate of drug-likeness (QED) is 0.289. The fourth-order valence-corrected chi connectivity index (χ4v) is 4.40. The minimum absolute atomic E-state index is 0.121. The topological polar surface area (TPSA) is 79.0 Å². The summed E-state index contributed by atoms with van der Waals surface area (Å²) >= 11 is 5.46. The predicted octanol–water partition coefficient (Wildman–Crippen LogP) is 5.56. The Kier molecular flexibility index (Phi) is 5.41. The van der Waals surface area contributed by atoms with Crippen molar-refractivity contribution in [3.63, 3.8) is 0 Å². The normalized spacial score (nSPS) is 11.4. The second-order valence-electron chi connectivity index (χ2n) is 8.13. The summed E-state index contributed by atoms with van der Waals surface area (Å²) in [5.74, 6) is -1.23. The van der Waals surface area contributed by atoms with Crippen LogP contribution >= 0.6 is 12.2 Å². The van der Waals surface area contributed by atoms with Crippen LogP contribution in [0.4, 0.5) is 8.78 Å². The van der Waals surface area contributed by atoms with E-state index in [1.165, 1.54) is 18.2 Å². The van der Waals surface area contributed by atoms with Crippen LogP contribution in [0.1, 0.15) is 11.1 Å². The minimum atomic E-state index is -0.656. The van der Waals surface area contributed by atoms with Crippen molar-refractivity contribution in [2.24, 2.45) is 7.05 Å². The lowest BCUT2D eigenvalue weighted by Crippen LogP contribution is -2.00. The number of nitrogens with one attached hydrogen (secondary N) is 1. The molecule has 0 saturated carbocycles. The van der Waals surface area contributed by atoms with E-state index in [1.54, 1.807) is 10.6 Å². The number of aromatic amines is 1. The molecule has 172 valence electrons. The van der Waals surface area contributed by atoms with Crippen LogP contribution in [0.3, 0.4) is 0 Å². The number of phenols is 2. The average molecular weight is 479 g/mol. The van der Waals surface area contributed by atoms with Gasteiger partial charge in [-0.1, -0.05) is 0 Å². The lowest BCUT2D eigenvalue weighted by Gasteiger charge is -2.12. The van der Waals surface area contributed by atoms with E-state index in [0.29, 0.717) is 40.1 Å². The maximum absolute atomic E-state index is 13.5. The van der Waals surface area contributed by atoms with Crippen molar-refractivity contribution in [1.82, 2.24) is 19.3 Å². The van der Waals surface area contributed by atoms with Crippen molar-refractivity contribution < 1.29 is 19.0 Å². The predicted molar refractivity (Wildman–Crippen MR) is 128 cm³/mol. The monoisotopic (exact) mass is 478 g/mol. The third-order valence-electron chi connectivity index (χ3n) is 5.84. The van der Waals surface area contributed by atoms with Gasteiger partial charge in [0, 0.05) is 36.3 Å². The van der Waals surface area contributed by atoms with Crippen LogP contribution in [0.2, 0.25) is 0 Å². The highest BCUT2D eigenvalue weighted by molar-refractivity contribution is 7.71. The van der Waals surface area contributed by atoms with Gasteiger partial charge >= 0.3 is 0 Å². The molecule has 0 fully saturated rings. The highest BCUT2D eigenvalue weighted by atomic mass is 32.1. The van der Waals surface area contributed by atoms with E-state index in [0.717, 1.165) is 22.7 Å². The highest BCUT2D eigenvalue weighted by Crippen LogP contribution is 2.36. The first-order chi connectivity index (χ1) is 16.3. The highest BCUT2D eigenvalue weighted by Gasteiger charge is 2.18. The molecule has 0 radical (unpaired) electrons. The summed E-state index contributed by atoms with van der Waals surface area (Å²) in [5, 5.41) is 29.1. The average Bonchev–Trinajstić information content (AvgIpc) is 3.34. The van der Waals surface area contributed by atoms with Gasteiger partial charge in [-0.25, -0.2) is 8.78 Å². The molecule has 0 aliphatic carbocycles. The van der Waals surface area contributed by atoms with Gasteiger partial charge in [-0.2, -0.15) is 5.10 Å². The zero-order valence-electron chi connectivity index (χ0n) is 18.1. The molecule has 0 spiro atoms. The second kappa shape index (κ2) is 8.42. The molecular formula is C25H20F2N4O2S. The molecule has 3 aromatic carbocycles. The van der Waals surface area contributed by atoms with Crippen LogP contribution in [-0.4, -0.2) is 29.5 Å². The molecule has 2 aromatic heterocycles. The van der Waals surface area contributed by atoms with Crippen molar-refractivity contribution in [3.05, 3.63) is 88.3 Å². The largest absolute Gasteiger partial charge is 0.508 e. The van der Waals surface area contributed by atoms with Crippen LogP contribution in [0.5, 0.6) is 11.5 Å². The number of hydrogen-bond acceptors (Lipinski definition) is 4. The number of aromatic nitrogens is 4. The Balaban J connectivity index is 1.54. The van der Waals surface area contributed by atoms with Gasteiger partial charge in [-0.05, 0) is 78.7 Å². The fraction of sp³-hybridized carbons (Fsp3) is 0.120. The van der Waals surface area contributed by atoms with Gasteiger partial charge in [0.1, 0.15) is 23.1 Å². The maximum atomic E-state index is 13.5. The Bertz CT molecular complexity index is 1580. The van der Waals surface area contributed by atoms with Crippen molar-refractivity contribution in [2.45, 2.75) is 12.8 Å². The number of aryl methyl sites for hydroxylation is 3. The summed E-state index contributed by atoms with van der Waals surface area (Å²) in [5.41, 5.74) is 3.14. The zero-order chi connectivity index (χ0) is 24.0. The molecule has 0 aliphatic heterocycles. The molecule has 0 bridgehead atoms. The lowest BCUT2D eigenvalue weighted by molar-refractivity contribution is 0.446. The Morgan fingerprint density at radius 3 is 2.47 bits per heavy atom. The number of nitrogens with zero attached hydrogens (tertiary/aromatic N) is 3. The van der Waals surface area contributed by atoms with E-state index in [2.05, 4.69) is 10.2 Å². The van der Waals surface area contributed by atoms with Gasteiger partial charge in [-0.3, -0.25) is 9.67 Å². The minimum Gasteiger partial charge on any atom is -0.508 e. The Labute approximate surface area is 198 Å². The summed E-state index contributed by atoms with van der Waals surface area (Å²) in [4.78, 5) is 0. The number of phenolic OH excluding ortho intramolecular Hbond substituents is 2. The van der Waals surface area contributed by atoms with Gasteiger partial charge in [-0.15, -0.1) is 0 Å². The molecule has 2 heterocycles. The van der Waals surface area contributed by atoms with E-state index >= 15 is 0 Å². The SMILES string of the molecule is Cn1ccc2cc(-n3c(-c4cc(CCc5cc(F)cc(F)c5)c(O)cc4O)n[nH]c3=S)ccc21. The molecule has 34 heavy (non-hydrogen) atoms. The third kappa shape index (κ3) is 3.94. The van der Waals surface area contributed by atoms with Crippen LogP contribution in [-0.2, 0) is 19.9 Å². The smallest absolute Gasteiger partial charge is 0.200 e. The summed E-state index contributed by atoms with van der Waals surface area (Å²) < 4.78 is 31.1. The van der Waals surface area contributed by atoms with Crippen LogP contribution in [0.25, 0.3) is 28.0 Å². The Hall–Kier alpha value is -3.98. The first kappa shape index (κ1) is 21.8. The summed E-state index contributed by atoms with van der Waals surface area (Å²) in [6.45, 7) is 0. The molecule has 0 unspecified atom stereocenters. The molecule has 0 atom stereocenters. The summed E-state index contributed by atoms with van der Waals surface area (Å²) in [6, 6.07) is 14.0. The van der Waals surface area contributed by atoms with Gasteiger partial charge in [0.15, 0.2) is 10.6 Å². The van der Waals surface area contributed by atoms with Gasteiger partial charge < -0.3 is 14.8 Å². The van der Waals surface area contributed by atoms with Gasteiger partial charge in [0.25, 0.3) is 0 Å². The molecule has 3 N–H and O–H groups in total. The second-order valence-corrected chi connectivity index (χ2v) is 8.52. The van der Waals surface area contributed by atoms with E-state index in [-0.39, 0.29) is 11.5 Å². The maximum Gasteiger partial charge on any atom is 0.200 e. The molecule has 0 amide bonds. The molecule has 5 rings (SSSR count). The number of aromatic hydroxyl groups is 2. The van der Waals surface area contributed by atoms with E-state index in [9.17, 15) is 19.0 Å². The molecule has 0 saturated heterocycles. The lowest BCUT2D eigenvalue weighted by atomic mass is 10.0. The summed E-state index contributed by atoms with van der Waals surface area (Å²) in [6.07, 6.45) is 2.56. The Morgan fingerprint density at radius 2 is 1.71 bits per heavy atom. The number of fused-ring (bicyclic) bond motifs is 1. The first-order valence-electron chi connectivity index (χ1n) is 10.5. The standard InChI is InChI=1S/C25H20F2N4O2S/c1-30-7-6-15-10-19(4-5-21(15)30)31-24(28-29-25(31)34)20-11-16(22(32)13-23(20)33)3-2-14-8-17(26)12-18(27)9-14/h4-13,32-33H,2-3H2,1H3,(H,29,34). The van der Waals surface area contributed by atoms with E-state index < -0.39 is 11.6 Å². The van der Waals surface area contributed by atoms with Crippen molar-refractivity contribution in [3.8, 4) is 28.6 Å². The zero-order valence-corrected chi connectivity index (χ0v) is 18.9. The molecule has 6 nitrogen and oxygen atoms in total. The number of rotatable bonds is 5. The van der Waals surface area contributed by atoms with Gasteiger partial charge in [0.2, 0.25) is 0 Å². The fourth-order valence-electron chi connectivity index (χ4n) is 4.16. The Morgan fingerprint density at radius 1 is 0.941 bits per heavy atom. The van der Waals surface area contributed by atoms with Crippen LogP contribution in [0.15, 0.2) is 60.8 Å². The number of hydrogen-bond donors (Lipinski definition) is 3. The van der Waals surface area contributed by atoms with E-state index in [4.69, 9.17) is 12.2 Å². The van der Waals surface area contributed by atoms with Crippen molar-refractivity contribution in [1.29, 1.82) is 0 Å². The number of benzene rings is 3. The van der Waals surface area contributed by atoms with Crippen molar-refractivity contribution >= 4 is 23.1 Å². The van der Waals surface area contributed by atoms with Crippen molar-refractivity contribution in [2.75, 3.05) is 0 Å². The molecule has 9 heteroatoms. The molecule has 0 aliphatic rings. The molecular weight excluding hydrogens is 458 g/mol. The van der Waals surface area contributed by atoms with Crippen LogP contribution in [0, 0.1) is 16.4 Å². The van der Waals surface area contributed by atoms with E-state index in [1.807, 2.05) is 42.1 Å². The van der Waals surface area contributed by atoms with Crippen LogP contribution < -0.4 is 0 Å². The van der Waals surface area contributed by atoms with Gasteiger partial charge in [0.05, 0.1) is 11.3 Å². The third-order valence-corrected chi connectivity index (χ3v) is 6.12. The molecule has 5 aromatic rings. The summed E-state index contributed by atoms with van der Waals surface area (Å²) in [7, 11) is 1.96. The first-order valence-corrected chi connectivity index (χ1v) is 10.9. The number of halogens is 2.